The van der Waals surface area contributed by atoms with E-state index in [4.69, 9.17) is 11.6 Å². The van der Waals surface area contributed by atoms with E-state index in [0.29, 0.717) is 18.0 Å². The molecule has 0 fully saturated rings. The highest BCUT2D eigenvalue weighted by Gasteiger charge is 2.16. The van der Waals surface area contributed by atoms with Crippen LogP contribution in [0.25, 0.3) is 0 Å². The zero-order chi connectivity index (χ0) is 18.2. The van der Waals surface area contributed by atoms with Gasteiger partial charge in [-0.1, -0.05) is 55.8 Å². The van der Waals surface area contributed by atoms with Crippen LogP contribution in [-0.2, 0) is 28.9 Å². The molecule has 0 bridgehead atoms. The fraction of sp³-hybridized carbons (Fsp3) is 0.300. The average Bonchev–Trinajstić information content (AvgIpc) is 2.61. The van der Waals surface area contributed by atoms with E-state index in [1.165, 1.54) is 0 Å². The number of hydrogen-bond acceptors (Lipinski definition) is 2. The molecule has 0 aliphatic carbocycles. The van der Waals surface area contributed by atoms with Crippen molar-refractivity contribution in [2.45, 2.75) is 33.1 Å². The summed E-state index contributed by atoms with van der Waals surface area (Å²) in [4.78, 5) is 24.3. The molecule has 0 saturated heterocycles. The first-order chi connectivity index (χ1) is 12.0. The van der Waals surface area contributed by atoms with E-state index in [0.717, 1.165) is 35.2 Å². The van der Waals surface area contributed by atoms with Crippen LogP contribution in [0.15, 0.2) is 42.5 Å². The zero-order valence-corrected chi connectivity index (χ0v) is 15.3. The Labute approximate surface area is 153 Å². The number of benzene rings is 2. The van der Waals surface area contributed by atoms with Crippen LogP contribution in [0.5, 0.6) is 0 Å². The van der Waals surface area contributed by atoms with Gasteiger partial charge >= 0.3 is 11.8 Å². The molecule has 5 heteroatoms. The molecule has 2 rings (SSSR count). The molecule has 0 atom stereocenters. The van der Waals surface area contributed by atoms with Gasteiger partial charge < -0.3 is 10.6 Å². The van der Waals surface area contributed by atoms with Gasteiger partial charge in [0.1, 0.15) is 0 Å². The predicted molar refractivity (Wildman–Crippen MR) is 102 cm³/mol. The minimum atomic E-state index is -0.637. The van der Waals surface area contributed by atoms with Crippen LogP contribution in [0.4, 0.5) is 5.69 Å². The van der Waals surface area contributed by atoms with Gasteiger partial charge in [0, 0.05) is 17.3 Å². The Balaban J connectivity index is 1.93. The number of hydrogen-bond donors (Lipinski definition) is 2. The second kappa shape index (κ2) is 9.23. The van der Waals surface area contributed by atoms with Crippen molar-refractivity contribution in [3.8, 4) is 0 Å². The molecule has 0 heterocycles. The summed E-state index contributed by atoms with van der Waals surface area (Å²) in [5.74, 6) is -1.27. The molecule has 0 aliphatic heterocycles. The summed E-state index contributed by atoms with van der Waals surface area (Å²) in [5, 5.41) is 6.08. The Morgan fingerprint density at radius 1 is 0.960 bits per heavy atom. The van der Waals surface area contributed by atoms with E-state index in [9.17, 15) is 9.59 Å². The lowest BCUT2D eigenvalue weighted by molar-refractivity contribution is -0.136. The Hall–Kier alpha value is -2.33. The second-order valence-electron chi connectivity index (χ2n) is 5.75. The van der Waals surface area contributed by atoms with Crippen molar-refractivity contribution in [1.29, 1.82) is 0 Å². The lowest BCUT2D eigenvalue weighted by Crippen LogP contribution is -2.36. The van der Waals surface area contributed by atoms with Gasteiger partial charge in [0.15, 0.2) is 0 Å². The summed E-state index contributed by atoms with van der Waals surface area (Å²) in [7, 11) is 0. The normalized spacial score (nSPS) is 10.4. The molecule has 0 aliphatic rings. The molecule has 0 saturated carbocycles. The average molecular weight is 359 g/mol. The Kier molecular flexibility index (Phi) is 7.02. The largest absolute Gasteiger partial charge is 0.347 e. The summed E-state index contributed by atoms with van der Waals surface area (Å²) >= 11 is 5.93. The van der Waals surface area contributed by atoms with Gasteiger partial charge in [-0.15, -0.1) is 0 Å². The van der Waals surface area contributed by atoms with Gasteiger partial charge in [0.05, 0.1) is 0 Å². The number of rotatable bonds is 6. The minimum absolute atomic E-state index is 0.378. The van der Waals surface area contributed by atoms with Gasteiger partial charge in [0.2, 0.25) is 0 Å². The molecule has 0 unspecified atom stereocenters. The number of amides is 2. The Morgan fingerprint density at radius 2 is 1.60 bits per heavy atom. The van der Waals surface area contributed by atoms with Crippen molar-refractivity contribution in [1.82, 2.24) is 5.32 Å². The van der Waals surface area contributed by atoms with Crippen molar-refractivity contribution in [2.75, 3.05) is 11.9 Å². The standard InChI is InChI=1S/C20H23ClN2O2/c1-3-15-8-6-9-16(4-2)18(15)23-20(25)19(24)22-12-11-14-7-5-10-17(21)13-14/h5-10,13H,3-4,11-12H2,1-2H3,(H,22,24)(H,23,25). The van der Waals surface area contributed by atoms with Gasteiger partial charge in [0.25, 0.3) is 0 Å². The minimum Gasteiger partial charge on any atom is -0.347 e. The van der Waals surface area contributed by atoms with Crippen LogP contribution in [0, 0.1) is 0 Å². The second-order valence-corrected chi connectivity index (χ2v) is 6.18. The van der Waals surface area contributed by atoms with E-state index in [2.05, 4.69) is 10.6 Å². The fourth-order valence-corrected chi connectivity index (χ4v) is 2.88. The van der Waals surface area contributed by atoms with E-state index in [1.807, 2.05) is 50.2 Å². The third-order valence-electron chi connectivity index (χ3n) is 4.03. The number of carbonyl (C=O) groups is 2. The van der Waals surface area contributed by atoms with Crippen LogP contribution in [0.3, 0.4) is 0 Å². The number of para-hydroxylation sites is 1. The SMILES string of the molecule is CCc1cccc(CC)c1NC(=O)C(=O)NCCc1cccc(Cl)c1. The van der Waals surface area contributed by atoms with Crippen molar-refractivity contribution >= 4 is 29.1 Å². The number of halogens is 1. The van der Waals surface area contributed by atoms with Crippen LogP contribution in [-0.4, -0.2) is 18.4 Å². The maximum Gasteiger partial charge on any atom is 0.313 e. The first kappa shape index (κ1) is 19.0. The summed E-state index contributed by atoms with van der Waals surface area (Å²) in [6.07, 6.45) is 2.20. The molecule has 25 heavy (non-hydrogen) atoms. The van der Waals surface area contributed by atoms with Crippen molar-refractivity contribution in [3.63, 3.8) is 0 Å². The van der Waals surface area contributed by atoms with E-state index in [1.54, 1.807) is 6.07 Å². The Bertz CT molecular complexity index is 737. The van der Waals surface area contributed by atoms with E-state index >= 15 is 0 Å². The number of carbonyl (C=O) groups excluding carboxylic acids is 2. The highest BCUT2D eigenvalue weighted by molar-refractivity contribution is 6.39. The molecule has 2 aromatic rings. The fourth-order valence-electron chi connectivity index (χ4n) is 2.67. The quantitative estimate of drug-likeness (QED) is 0.772. The third-order valence-corrected chi connectivity index (χ3v) is 4.27. The lowest BCUT2D eigenvalue weighted by atomic mass is 10.0. The van der Waals surface area contributed by atoms with Crippen LogP contribution < -0.4 is 10.6 Å². The number of nitrogens with one attached hydrogen (secondary N) is 2. The first-order valence-electron chi connectivity index (χ1n) is 8.49. The zero-order valence-electron chi connectivity index (χ0n) is 14.6. The lowest BCUT2D eigenvalue weighted by Gasteiger charge is -2.14. The number of aryl methyl sites for hydroxylation is 2. The Morgan fingerprint density at radius 3 is 2.20 bits per heavy atom. The van der Waals surface area contributed by atoms with Gasteiger partial charge in [-0.05, 0) is 48.1 Å². The molecule has 0 radical (unpaired) electrons. The monoisotopic (exact) mass is 358 g/mol. The summed E-state index contributed by atoms with van der Waals surface area (Å²) in [5.41, 5.74) is 3.82. The van der Waals surface area contributed by atoms with E-state index in [-0.39, 0.29) is 0 Å². The summed E-state index contributed by atoms with van der Waals surface area (Å²) < 4.78 is 0. The molecule has 2 amide bonds. The van der Waals surface area contributed by atoms with Crippen LogP contribution >= 0.6 is 11.6 Å². The molecule has 2 aromatic carbocycles. The summed E-state index contributed by atoms with van der Waals surface area (Å²) in [6, 6.07) is 13.3. The predicted octanol–water partition coefficient (Wildman–Crippen LogP) is 3.76. The molecule has 4 nitrogen and oxygen atoms in total. The van der Waals surface area contributed by atoms with Crippen LogP contribution in [0.2, 0.25) is 5.02 Å². The topological polar surface area (TPSA) is 58.2 Å². The molecule has 0 spiro atoms. The molecular weight excluding hydrogens is 336 g/mol. The highest BCUT2D eigenvalue weighted by Crippen LogP contribution is 2.22. The maximum atomic E-state index is 12.2. The first-order valence-corrected chi connectivity index (χ1v) is 8.87. The van der Waals surface area contributed by atoms with Gasteiger partial charge in [-0.25, -0.2) is 0 Å². The molecular formula is C20H23ClN2O2. The summed E-state index contributed by atoms with van der Waals surface area (Å²) in [6.45, 7) is 4.42. The van der Waals surface area contributed by atoms with Crippen molar-refractivity contribution < 1.29 is 9.59 Å². The molecule has 132 valence electrons. The maximum absolute atomic E-state index is 12.2. The third kappa shape index (κ3) is 5.33. The van der Waals surface area contributed by atoms with Gasteiger partial charge in [-0.2, -0.15) is 0 Å². The molecule has 0 aromatic heterocycles. The van der Waals surface area contributed by atoms with E-state index < -0.39 is 11.8 Å². The van der Waals surface area contributed by atoms with Crippen LogP contribution in [0.1, 0.15) is 30.5 Å². The van der Waals surface area contributed by atoms with Gasteiger partial charge in [-0.3, -0.25) is 9.59 Å². The highest BCUT2D eigenvalue weighted by atomic mass is 35.5. The van der Waals surface area contributed by atoms with Crippen molar-refractivity contribution in [3.05, 3.63) is 64.2 Å². The molecule has 2 N–H and O–H groups in total. The van der Waals surface area contributed by atoms with Crippen molar-refractivity contribution in [2.24, 2.45) is 0 Å². The smallest absolute Gasteiger partial charge is 0.313 e. The number of anilines is 1.